The van der Waals surface area contributed by atoms with E-state index >= 15 is 0 Å². The van der Waals surface area contributed by atoms with Crippen LogP contribution in [0.5, 0.6) is 17.2 Å². The van der Waals surface area contributed by atoms with E-state index in [0.29, 0.717) is 64.3 Å². The van der Waals surface area contributed by atoms with Crippen LogP contribution in [0.15, 0.2) is 153 Å². The zero-order valence-corrected chi connectivity index (χ0v) is 66.5. The number of phenolic OH excluding ortho intramolecular Hbond substituents is 1. The van der Waals surface area contributed by atoms with Crippen LogP contribution < -0.4 is 60.1 Å². The van der Waals surface area contributed by atoms with Gasteiger partial charge in [0.25, 0.3) is 0 Å². The van der Waals surface area contributed by atoms with Gasteiger partial charge in [-0.25, -0.2) is 19.4 Å². The summed E-state index contributed by atoms with van der Waals surface area (Å²) < 4.78 is 45.6. The number of aromatic nitrogens is 9. The van der Waals surface area contributed by atoms with Gasteiger partial charge in [0.1, 0.15) is 73.5 Å². The van der Waals surface area contributed by atoms with Crippen molar-refractivity contribution >= 4 is 84.0 Å². The molecule has 3 aliphatic carbocycles. The molecule has 5 fully saturated rings. The number of ether oxygens (including phenoxy) is 7. The third-order valence-electron chi connectivity index (χ3n) is 18.9. The smallest absolute Gasteiger partial charge is 0.508 e. The maximum absolute atomic E-state index is 12.0. The number of aliphatic hydroxyl groups excluding tert-OH is 1. The largest absolute Gasteiger partial charge is 1.00 e. The Labute approximate surface area is 680 Å². The number of hydrogen-bond acceptors (Lipinski definition) is 19. The second kappa shape index (κ2) is 39.4. The van der Waals surface area contributed by atoms with Gasteiger partial charge in [0.05, 0.1) is 94.5 Å². The molecule has 5 aromatic heterocycles. The van der Waals surface area contributed by atoms with Gasteiger partial charge in [0.15, 0.2) is 0 Å². The fraction of sp³-hybridized carbons (Fsp3) is 0.373. The molecule has 2 aliphatic heterocycles. The third kappa shape index (κ3) is 21.3. The van der Waals surface area contributed by atoms with Crippen molar-refractivity contribution in [3.63, 3.8) is 0 Å². The molecule has 0 bridgehead atoms. The first-order valence-electron chi connectivity index (χ1n) is 36.8. The summed E-state index contributed by atoms with van der Waals surface area (Å²) >= 11 is 3.25. The van der Waals surface area contributed by atoms with Crippen LogP contribution in [0.25, 0.3) is 66.5 Å². The summed E-state index contributed by atoms with van der Waals surface area (Å²) in [4.78, 5) is 43.1. The second-order valence-electron chi connectivity index (χ2n) is 28.0. The quantitative estimate of drug-likeness (QED) is 0.0193. The van der Waals surface area contributed by atoms with E-state index in [2.05, 4.69) is 89.1 Å². The molecule has 578 valence electrons. The van der Waals surface area contributed by atoms with Gasteiger partial charge in [0, 0.05) is 81.2 Å². The summed E-state index contributed by atoms with van der Waals surface area (Å²) in [5.41, 5.74) is 11.9. The number of phenols is 1. The van der Waals surface area contributed by atoms with Crippen molar-refractivity contribution in [3.8, 4) is 69.2 Å². The van der Waals surface area contributed by atoms with Crippen LogP contribution in [0.3, 0.4) is 0 Å². The number of nitriles is 3. The fourth-order valence-electron chi connectivity index (χ4n) is 13.0. The van der Waals surface area contributed by atoms with Gasteiger partial charge in [-0.1, -0.05) is 66.1 Å². The van der Waals surface area contributed by atoms with Crippen molar-refractivity contribution in [1.82, 2.24) is 43.6 Å². The average Bonchev–Trinajstić information content (AvgIpc) is 1.60. The molecule has 7 heterocycles. The van der Waals surface area contributed by atoms with Gasteiger partial charge < -0.3 is 67.2 Å². The first kappa shape index (κ1) is 83.7. The summed E-state index contributed by atoms with van der Waals surface area (Å²) in [5, 5.41) is 73.1. The number of carbonyl (C=O) groups excluding carboxylic acids is 3. The minimum absolute atomic E-state index is 0. The number of alkyl halides is 1. The Bertz CT molecular complexity index is 5070. The molecular formula is C83H91BrN15NaO12. The number of aromatic hydroxyl groups is 1. The maximum atomic E-state index is 12.0. The number of anilines is 3. The van der Waals surface area contributed by atoms with Crippen LogP contribution >= 0.6 is 15.9 Å². The number of halogens is 1. The van der Waals surface area contributed by atoms with Crippen LogP contribution in [-0.4, -0.2) is 135 Å². The van der Waals surface area contributed by atoms with Gasteiger partial charge in [0.2, 0.25) is 0 Å². The predicted molar refractivity (Wildman–Crippen MR) is 425 cm³/mol. The number of aliphatic hydroxyl groups is 1. The molecule has 16 rings (SSSR count). The first-order chi connectivity index (χ1) is 53.4. The molecule has 3 saturated carbocycles. The Balaban J connectivity index is 0.000000167. The molecule has 0 radical (unpaired) electrons. The first-order valence-corrected chi connectivity index (χ1v) is 37.9. The van der Waals surface area contributed by atoms with E-state index in [1.807, 2.05) is 111 Å². The van der Waals surface area contributed by atoms with Crippen molar-refractivity contribution in [2.45, 2.75) is 168 Å². The molecule has 6 aromatic carbocycles. The van der Waals surface area contributed by atoms with Gasteiger partial charge in [-0.3, -0.25) is 25.7 Å². The van der Waals surface area contributed by atoms with Crippen LogP contribution in [0.2, 0.25) is 0 Å². The monoisotopic (exact) mass is 1590 g/mol. The number of hydrogen-bond donors (Lipinski definition) is 5. The molecule has 27 nitrogen and oxygen atoms in total. The Morgan fingerprint density at radius 1 is 0.562 bits per heavy atom. The molecule has 3 atom stereocenters. The minimum Gasteiger partial charge on any atom is -0.508 e. The molecule has 112 heavy (non-hydrogen) atoms. The zero-order valence-electron chi connectivity index (χ0n) is 63.0. The minimum atomic E-state index is -0.749. The number of nitrogens with one attached hydrogen (secondary N) is 3. The number of carbonyl (C=O) groups is 3. The van der Waals surface area contributed by atoms with Crippen molar-refractivity contribution in [2.75, 3.05) is 47.7 Å². The van der Waals surface area contributed by atoms with Crippen LogP contribution in [0.1, 0.15) is 142 Å². The van der Waals surface area contributed by atoms with E-state index in [9.17, 15) is 40.4 Å². The van der Waals surface area contributed by atoms with Crippen molar-refractivity contribution in [1.29, 1.82) is 15.8 Å². The summed E-state index contributed by atoms with van der Waals surface area (Å²) in [7, 11) is 0. The van der Waals surface area contributed by atoms with Crippen molar-refractivity contribution in [2.24, 2.45) is 0 Å². The number of rotatable bonds is 21. The molecule has 0 spiro atoms. The van der Waals surface area contributed by atoms with E-state index in [1.165, 1.54) is 25.4 Å². The van der Waals surface area contributed by atoms with Gasteiger partial charge in [-0.05, 0) is 189 Å². The van der Waals surface area contributed by atoms with Crippen molar-refractivity contribution < 1.29 is 87.3 Å². The van der Waals surface area contributed by atoms with E-state index < -0.39 is 24.4 Å². The predicted octanol–water partition coefficient (Wildman–Crippen LogP) is 14.0. The van der Waals surface area contributed by atoms with Crippen molar-refractivity contribution in [3.05, 3.63) is 169 Å². The molecule has 29 heteroatoms. The molecule has 2 saturated heterocycles. The van der Waals surface area contributed by atoms with Crippen LogP contribution in [-0.2, 0) is 30.2 Å². The molecule has 5 N–H and O–H groups in total. The molecular weight excluding hydrogens is 1500 g/mol. The number of epoxide rings is 2. The Kier molecular flexibility index (Phi) is 29.5. The summed E-state index contributed by atoms with van der Waals surface area (Å²) in [6.45, 7) is 13.4. The number of nitrogens with zero attached hydrogens (tertiary/aromatic N) is 12. The van der Waals surface area contributed by atoms with Gasteiger partial charge in [-0.2, -0.15) is 20.9 Å². The Morgan fingerprint density at radius 2 is 0.955 bits per heavy atom. The Morgan fingerprint density at radius 3 is 1.26 bits per heavy atom. The standard InChI is InChI=1S/C28H30N6O4.C26H27N3O4.C23H23N3O3.C3H5BrO.C2H2N3.CH4.Na/c1-18(2)38-28(36)32-20-8-6-19(7-9-20)27-25(13-29)24-11-10-23(12-26(24)34(27)21-4-3-5-21)37-15-22(35)14-33-17-30-16-31-33;1-16(2)33-26(30)28-18-8-6-17(7-9-18)25-23(13-27)22-11-10-20(31-14-21-15-32-21)12-24(22)29(25)19-4-3-5-19;1-14(2)29-23(28)25-16-8-6-15(7-9-16)22-20(13-24)19-11-10-18(27)12-21(19)26(22)17-4-3-5-17;4-1-3-2-5-3;1-3-2-5-4-1;;/h6-12,16-18,21-22,35H,3-5,14-15H2,1-2H3,(H,32,36);6-12,16,19,21H,3-5,14-15H2,1-2H3,(H,28,30);6-12,14,17,27H,3-5H2,1-2H3,(H,25,28);3H,1-2H2;1-2H;1H4;/q;;;;-1;;+1. The molecule has 11 aromatic rings. The summed E-state index contributed by atoms with van der Waals surface area (Å²) in [5.74, 6) is 1.60. The summed E-state index contributed by atoms with van der Waals surface area (Å²) in [6.07, 6.45) is 13.5. The SMILES string of the molecule is BrCC1CO1.C.CC(C)OC(=O)Nc1ccc(-c2c(C#N)c3ccc(O)cc3n2C2CCC2)cc1.CC(C)OC(=O)Nc1ccc(-c2c(C#N)c3ccc(OCC(O)Cn4cncn4)cc3n2C2CCC2)cc1.CC(C)OC(=O)Nc1ccc(-c2c(C#N)c3ccc(OCC4CO4)cc3n2C2CCC2)cc1.[Na+].c1nc[n-]n1. The van der Waals surface area contributed by atoms with Crippen LogP contribution in [0.4, 0.5) is 31.4 Å². The maximum Gasteiger partial charge on any atom is 1.00 e. The fourth-order valence-corrected chi connectivity index (χ4v) is 13.4. The second-order valence-corrected chi connectivity index (χ2v) is 28.6. The zero-order chi connectivity index (χ0) is 77.4. The number of amides is 3. The normalized spacial score (nSPS) is 15.4. The molecule has 5 aliphatic rings. The van der Waals surface area contributed by atoms with Gasteiger partial charge in [-0.15, -0.1) is 0 Å². The summed E-state index contributed by atoms with van der Waals surface area (Å²) in [6, 6.07) is 47.3. The van der Waals surface area contributed by atoms with E-state index in [4.69, 9.17) is 33.2 Å². The third-order valence-corrected chi connectivity index (χ3v) is 19.6. The Hall–Kier alpha value is -10.7. The van der Waals surface area contributed by atoms with E-state index in [0.717, 1.165) is 142 Å². The van der Waals surface area contributed by atoms with E-state index in [1.54, 1.807) is 69.0 Å². The average molecular weight is 1590 g/mol. The molecule has 3 amide bonds. The topological polar surface area (TPSA) is 356 Å². The number of fused-ring (bicyclic) bond motifs is 3. The number of benzene rings is 6. The van der Waals surface area contributed by atoms with Gasteiger partial charge >= 0.3 is 47.8 Å². The molecule has 3 unspecified atom stereocenters. The van der Waals surface area contributed by atoms with Crippen LogP contribution in [0, 0.1) is 34.0 Å². The van der Waals surface area contributed by atoms with E-state index in [-0.39, 0.29) is 86.3 Å².